The molecule has 0 bridgehead atoms. The van der Waals surface area contributed by atoms with Crippen LogP contribution in [0.3, 0.4) is 0 Å². The van der Waals surface area contributed by atoms with Gasteiger partial charge >= 0.3 is 5.51 Å². The summed E-state index contributed by atoms with van der Waals surface area (Å²) in [6.07, 6.45) is 0. The lowest BCUT2D eigenvalue weighted by molar-refractivity contribution is -0.0329. The molecule has 0 saturated carbocycles. The van der Waals surface area contributed by atoms with Crippen LogP contribution in [0.1, 0.15) is 5.56 Å². The van der Waals surface area contributed by atoms with E-state index in [2.05, 4.69) is 0 Å². The maximum atomic E-state index is 12.0. The number of aliphatic hydroxyl groups excluding tert-OH is 1. The lowest BCUT2D eigenvalue weighted by atomic mass is 10.2. The van der Waals surface area contributed by atoms with E-state index in [1.165, 1.54) is 26.4 Å². The molecule has 0 aliphatic carbocycles. The molecule has 0 aliphatic rings. The highest BCUT2D eigenvalue weighted by Gasteiger charge is 2.27. The minimum Gasteiger partial charge on any atom is -0.493 e. The molecule has 8 heteroatoms. The molecule has 0 spiro atoms. The Hall–Kier alpha value is -1.28. The summed E-state index contributed by atoms with van der Waals surface area (Å²) in [7, 11) is 2.79. The van der Waals surface area contributed by atoms with E-state index in [9.17, 15) is 13.2 Å². The maximum absolute atomic E-state index is 12.0. The average molecular weight is 312 g/mol. The van der Waals surface area contributed by atoms with Crippen molar-refractivity contribution in [1.82, 2.24) is 0 Å². The highest BCUT2D eigenvalue weighted by molar-refractivity contribution is 8.00. The maximum Gasteiger partial charge on any atom is 0.441 e. The summed E-state index contributed by atoms with van der Waals surface area (Å²) in [5, 5.41) is 9.09. The Bertz CT molecular complexity index is 412. The molecule has 0 radical (unpaired) electrons. The van der Waals surface area contributed by atoms with Crippen molar-refractivity contribution >= 4 is 11.8 Å². The molecular weight excluding hydrogens is 297 g/mol. The van der Waals surface area contributed by atoms with Gasteiger partial charge in [-0.3, -0.25) is 0 Å². The Labute approximate surface area is 118 Å². The molecule has 1 aromatic carbocycles. The van der Waals surface area contributed by atoms with Gasteiger partial charge in [0, 0.05) is 5.75 Å². The lowest BCUT2D eigenvalue weighted by Gasteiger charge is -2.15. The van der Waals surface area contributed by atoms with Crippen LogP contribution in [0.15, 0.2) is 12.1 Å². The third kappa shape index (κ3) is 5.01. The first kappa shape index (κ1) is 16.8. The van der Waals surface area contributed by atoms with Crippen LogP contribution in [0.25, 0.3) is 0 Å². The second kappa shape index (κ2) is 7.49. The van der Waals surface area contributed by atoms with Gasteiger partial charge in [-0.15, -0.1) is 0 Å². The van der Waals surface area contributed by atoms with E-state index in [1.807, 2.05) is 0 Å². The van der Waals surface area contributed by atoms with E-state index in [0.29, 0.717) is 17.1 Å². The number of aliphatic hydroxyl groups is 1. The third-order valence-corrected chi connectivity index (χ3v) is 3.00. The summed E-state index contributed by atoms with van der Waals surface area (Å²) < 4.78 is 51.5. The number of alkyl halides is 3. The Morgan fingerprint density at radius 1 is 1.15 bits per heavy atom. The fourth-order valence-corrected chi connectivity index (χ4v) is 1.87. The van der Waals surface area contributed by atoms with E-state index in [1.54, 1.807) is 0 Å². The van der Waals surface area contributed by atoms with Crippen molar-refractivity contribution in [3.63, 3.8) is 0 Å². The zero-order valence-corrected chi connectivity index (χ0v) is 11.8. The van der Waals surface area contributed by atoms with E-state index in [0.717, 1.165) is 0 Å². The molecule has 0 fully saturated rings. The van der Waals surface area contributed by atoms with Crippen molar-refractivity contribution in [3.8, 4) is 17.2 Å². The molecule has 0 aromatic heterocycles. The summed E-state index contributed by atoms with van der Waals surface area (Å²) >= 11 is -0.159. The second-order valence-corrected chi connectivity index (χ2v) is 4.79. The summed E-state index contributed by atoms with van der Waals surface area (Å²) in [6, 6.07) is 3.07. The van der Waals surface area contributed by atoms with E-state index in [-0.39, 0.29) is 36.5 Å². The molecule has 0 unspecified atom stereocenters. The minimum absolute atomic E-state index is 0.143. The third-order valence-electron chi connectivity index (χ3n) is 2.30. The highest BCUT2D eigenvalue weighted by Crippen LogP contribution is 2.39. The largest absolute Gasteiger partial charge is 0.493 e. The topological polar surface area (TPSA) is 47.9 Å². The molecule has 0 aliphatic heterocycles. The van der Waals surface area contributed by atoms with Crippen molar-refractivity contribution in [2.75, 3.05) is 26.6 Å². The fourth-order valence-electron chi connectivity index (χ4n) is 1.47. The average Bonchev–Trinajstić information content (AvgIpc) is 2.41. The molecule has 0 saturated heterocycles. The predicted molar refractivity (Wildman–Crippen MR) is 69.5 cm³/mol. The first-order chi connectivity index (χ1) is 9.41. The van der Waals surface area contributed by atoms with Gasteiger partial charge in [0.25, 0.3) is 0 Å². The number of rotatable bonds is 7. The lowest BCUT2D eigenvalue weighted by Crippen LogP contribution is -2.08. The molecule has 0 heterocycles. The van der Waals surface area contributed by atoms with Crippen LogP contribution in [0, 0.1) is 0 Å². The van der Waals surface area contributed by atoms with Crippen molar-refractivity contribution < 1.29 is 32.5 Å². The minimum atomic E-state index is -4.28. The molecule has 0 atom stereocenters. The summed E-state index contributed by atoms with van der Waals surface area (Å²) in [5.74, 6) is 0.572. The summed E-state index contributed by atoms with van der Waals surface area (Å²) in [4.78, 5) is 0. The Morgan fingerprint density at radius 2 is 1.70 bits per heavy atom. The molecule has 1 rings (SSSR count). The Morgan fingerprint density at radius 3 is 2.10 bits per heavy atom. The molecule has 1 N–H and O–H groups in total. The van der Waals surface area contributed by atoms with E-state index in [4.69, 9.17) is 19.3 Å². The van der Waals surface area contributed by atoms with Gasteiger partial charge < -0.3 is 19.3 Å². The fraction of sp³-hybridized carbons (Fsp3) is 0.500. The number of thioether (sulfide) groups is 1. The highest BCUT2D eigenvalue weighted by atomic mass is 32.2. The van der Waals surface area contributed by atoms with Crippen molar-refractivity contribution in [2.24, 2.45) is 0 Å². The standard InChI is InChI=1S/C12H15F3O4S/c1-17-9-5-8(7-16)6-10(18-2)11(9)19-3-4-20-12(13,14)15/h5-6,16H,3-4,7H2,1-2H3. The van der Waals surface area contributed by atoms with Crippen molar-refractivity contribution in [1.29, 1.82) is 0 Å². The quantitative estimate of drug-likeness (QED) is 0.785. The van der Waals surface area contributed by atoms with Crippen LogP contribution in [0.4, 0.5) is 13.2 Å². The van der Waals surface area contributed by atoms with Gasteiger partial charge in [0.15, 0.2) is 11.5 Å². The van der Waals surface area contributed by atoms with Gasteiger partial charge in [-0.25, -0.2) is 0 Å². The van der Waals surface area contributed by atoms with E-state index >= 15 is 0 Å². The molecular formula is C12H15F3O4S. The number of methoxy groups -OCH3 is 2. The SMILES string of the molecule is COc1cc(CO)cc(OC)c1OCCSC(F)(F)F. The smallest absolute Gasteiger partial charge is 0.441 e. The zero-order valence-electron chi connectivity index (χ0n) is 11.0. The van der Waals surface area contributed by atoms with Gasteiger partial charge in [-0.05, 0) is 29.5 Å². The summed E-state index contributed by atoms with van der Waals surface area (Å²) in [5.41, 5.74) is -3.73. The molecule has 4 nitrogen and oxygen atoms in total. The Kier molecular flexibility index (Phi) is 6.28. The Balaban J connectivity index is 2.77. The van der Waals surface area contributed by atoms with Gasteiger partial charge in [-0.1, -0.05) is 0 Å². The number of hydrogen-bond donors (Lipinski definition) is 1. The van der Waals surface area contributed by atoms with Crippen LogP contribution in [0.2, 0.25) is 0 Å². The van der Waals surface area contributed by atoms with Crippen molar-refractivity contribution in [2.45, 2.75) is 12.1 Å². The number of hydrogen-bond acceptors (Lipinski definition) is 5. The molecule has 20 heavy (non-hydrogen) atoms. The normalized spacial score (nSPS) is 11.3. The monoisotopic (exact) mass is 312 g/mol. The van der Waals surface area contributed by atoms with Crippen LogP contribution in [0.5, 0.6) is 17.2 Å². The molecule has 1 aromatic rings. The van der Waals surface area contributed by atoms with Gasteiger partial charge in [0.05, 0.1) is 27.4 Å². The van der Waals surface area contributed by atoms with Gasteiger partial charge in [0.1, 0.15) is 0 Å². The zero-order chi connectivity index (χ0) is 15.2. The first-order valence-corrected chi connectivity index (χ1v) is 6.59. The van der Waals surface area contributed by atoms with Gasteiger partial charge in [-0.2, -0.15) is 13.2 Å². The van der Waals surface area contributed by atoms with Crippen LogP contribution < -0.4 is 14.2 Å². The predicted octanol–water partition coefficient (Wildman–Crippen LogP) is 2.83. The van der Waals surface area contributed by atoms with Crippen LogP contribution >= 0.6 is 11.8 Å². The van der Waals surface area contributed by atoms with E-state index < -0.39 is 5.51 Å². The first-order valence-electron chi connectivity index (χ1n) is 5.60. The molecule has 114 valence electrons. The second-order valence-electron chi connectivity index (χ2n) is 3.63. The number of benzene rings is 1. The number of halogens is 3. The summed E-state index contributed by atoms with van der Waals surface area (Å²) in [6.45, 7) is -0.355. The van der Waals surface area contributed by atoms with Crippen LogP contribution in [-0.2, 0) is 6.61 Å². The van der Waals surface area contributed by atoms with Gasteiger partial charge in [0.2, 0.25) is 5.75 Å². The molecule has 0 amide bonds. The van der Waals surface area contributed by atoms with Crippen LogP contribution in [-0.4, -0.2) is 37.2 Å². The number of ether oxygens (including phenoxy) is 3. The van der Waals surface area contributed by atoms with Crippen molar-refractivity contribution in [3.05, 3.63) is 17.7 Å².